The first-order valence-corrected chi connectivity index (χ1v) is 5.59. The quantitative estimate of drug-likeness (QED) is 0.827. The van der Waals surface area contributed by atoms with Gasteiger partial charge in [0.2, 0.25) is 0 Å². The number of carboxylic acid groups (broad SMARTS) is 1. The van der Waals surface area contributed by atoms with Crippen LogP contribution in [0, 0.1) is 0 Å². The van der Waals surface area contributed by atoms with Crippen LogP contribution in [0.1, 0.15) is 25.8 Å². The van der Waals surface area contributed by atoms with Crippen molar-refractivity contribution in [2.24, 2.45) is 0 Å². The van der Waals surface area contributed by atoms with Gasteiger partial charge in [-0.3, -0.25) is 4.79 Å². The minimum absolute atomic E-state index is 0.0469. The standard InChI is InChI=1S/C13H18O4/c1-9(2)17-12-6-4-5-11(16-3)10(12)7-8-13(14)15/h4-6,9H,7-8H2,1-3H3,(H,14,15). The van der Waals surface area contributed by atoms with Gasteiger partial charge in [-0.2, -0.15) is 0 Å². The summed E-state index contributed by atoms with van der Waals surface area (Å²) in [5.74, 6) is 0.538. The third-order valence-electron chi connectivity index (χ3n) is 2.26. The second kappa shape index (κ2) is 6.13. The van der Waals surface area contributed by atoms with E-state index < -0.39 is 5.97 Å². The molecule has 0 bridgehead atoms. The molecule has 0 aromatic heterocycles. The Morgan fingerprint density at radius 1 is 1.35 bits per heavy atom. The van der Waals surface area contributed by atoms with Crippen LogP contribution in [0.3, 0.4) is 0 Å². The van der Waals surface area contributed by atoms with E-state index in [0.717, 1.165) is 5.56 Å². The monoisotopic (exact) mass is 238 g/mol. The Kier molecular flexibility index (Phi) is 4.82. The summed E-state index contributed by atoms with van der Waals surface area (Å²) in [5, 5.41) is 8.73. The summed E-state index contributed by atoms with van der Waals surface area (Å²) in [7, 11) is 1.57. The molecule has 94 valence electrons. The molecule has 1 N–H and O–H groups in total. The maximum atomic E-state index is 10.6. The summed E-state index contributed by atoms with van der Waals surface area (Å²) in [6.07, 6.45) is 0.515. The van der Waals surface area contributed by atoms with Crippen molar-refractivity contribution in [3.8, 4) is 11.5 Å². The maximum Gasteiger partial charge on any atom is 0.303 e. The molecule has 0 radical (unpaired) electrons. The molecule has 0 spiro atoms. The van der Waals surface area contributed by atoms with E-state index in [9.17, 15) is 4.79 Å². The summed E-state index contributed by atoms with van der Waals surface area (Å²) in [4.78, 5) is 10.6. The summed E-state index contributed by atoms with van der Waals surface area (Å²) >= 11 is 0. The molecule has 4 nitrogen and oxygen atoms in total. The highest BCUT2D eigenvalue weighted by Gasteiger charge is 2.12. The summed E-state index contributed by atoms with van der Waals surface area (Å²) in [6, 6.07) is 5.48. The zero-order valence-electron chi connectivity index (χ0n) is 10.4. The van der Waals surface area contributed by atoms with Gasteiger partial charge in [-0.05, 0) is 32.4 Å². The van der Waals surface area contributed by atoms with Crippen LogP contribution in [0.4, 0.5) is 0 Å². The number of benzene rings is 1. The fourth-order valence-electron chi connectivity index (χ4n) is 1.58. The van der Waals surface area contributed by atoms with Crippen molar-refractivity contribution in [3.63, 3.8) is 0 Å². The van der Waals surface area contributed by atoms with Gasteiger partial charge in [0.15, 0.2) is 0 Å². The summed E-state index contributed by atoms with van der Waals surface area (Å²) in [6.45, 7) is 3.86. The van der Waals surface area contributed by atoms with Crippen molar-refractivity contribution >= 4 is 5.97 Å². The van der Waals surface area contributed by atoms with E-state index in [1.807, 2.05) is 32.0 Å². The molecule has 0 saturated carbocycles. The largest absolute Gasteiger partial charge is 0.496 e. The van der Waals surface area contributed by atoms with E-state index >= 15 is 0 Å². The van der Waals surface area contributed by atoms with E-state index in [-0.39, 0.29) is 12.5 Å². The molecule has 1 aromatic rings. The maximum absolute atomic E-state index is 10.6. The number of carboxylic acids is 1. The Balaban J connectivity index is 2.97. The second-order valence-corrected chi connectivity index (χ2v) is 4.00. The van der Waals surface area contributed by atoms with E-state index in [1.165, 1.54) is 0 Å². The van der Waals surface area contributed by atoms with E-state index in [4.69, 9.17) is 14.6 Å². The van der Waals surface area contributed by atoms with Crippen molar-refractivity contribution in [2.75, 3.05) is 7.11 Å². The first kappa shape index (κ1) is 13.4. The molecule has 0 unspecified atom stereocenters. The second-order valence-electron chi connectivity index (χ2n) is 4.00. The number of hydrogen-bond acceptors (Lipinski definition) is 3. The van der Waals surface area contributed by atoms with Crippen LogP contribution in [-0.4, -0.2) is 24.3 Å². The van der Waals surface area contributed by atoms with Crippen molar-refractivity contribution in [1.82, 2.24) is 0 Å². The number of ether oxygens (including phenoxy) is 2. The van der Waals surface area contributed by atoms with E-state index in [0.29, 0.717) is 17.9 Å². The molecular weight excluding hydrogens is 220 g/mol. The molecule has 1 aromatic carbocycles. The lowest BCUT2D eigenvalue weighted by molar-refractivity contribution is -0.136. The van der Waals surface area contributed by atoms with Gasteiger partial charge in [0.25, 0.3) is 0 Å². The van der Waals surface area contributed by atoms with Crippen LogP contribution < -0.4 is 9.47 Å². The van der Waals surface area contributed by atoms with Crippen molar-refractivity contribution in [2.45, 2.75) is 32.8 Å². The lowest BCUT2D eigenvalue weighted by Gasteiger charge is -2.16. The van der Waals surface area contributed by atoms with Crippen molar-refractivity contribution in [1.29, 1.82) is 0 Å². The highest BCUT2D eigenvalue weighted by molar-refractivity contribution is 5.67. The number of methoxy groups -OCH3 is 1. The van der Waals surface area contributed by atoms with Crippen LogP contribution in [0.5, 0.6) is 11.5 Å². The molecule has 0 amide bonds. The van der Waals surface area contributed by atoms with Gasteiger partial charge >= 0.3 is 5.97 Å². The Morgan fingerprint density at radius 2 is 2.00 bits per heavy atom. The first-order valence-electron chi connectivity index (χ1n) is 5.59. The molecule has 0 atom stereocenters. The van der Waals surface area contributed by atoms with Gasteiger partial charge in [0.1, 0.15) is 11.5 Å². The zero-order valence-corrected chi connectivity index (χ0v) is 10.4. The molecule has 17 heavy (non-hydrogen) atoms. The van der Waals surface area contributed by atoms with Crippen molar-refractivity contribution in [3.05, 3.63) is 23.8 Å². The average Bonchev–Trinajstić information content (AvgIpc) is 2.26. The number of aliphatic carboxylic acids is 1. The highest BCUT2D eigenvalue weighted by Crippen LogP contribution is 2.30. The molecule has 0 heterocycles. The minimum Gasteiger partial charge on any atom is -0.496 e. The van der Waals surface area contributed by atoms with Gasteiger partial charge in [-0.1, -0.05) is 6.07 Å². The molecular formula is C13H18O4. The van der Waals surface area contributed by atoms with Gasteiger partial charge in [0.05, 0.1) is 13.2 Å². The Labute approximate surface area is 101 Å². The van der Waals surface area contributed by atoms with Crippen LogP contribution >= 0.6 is 0 Å². The zero-order chi connectivity index (χ0) is 12.8. The van der Waals surface area contributed by atoms with Gasteiger partial charge < -0.3 is 14.6 Å². The minimum atomic E-state index is -0.827. The topological polar surface area (TPSA) is 55.8 Å². The molecule has 0 fully saturated rings. The number of rotatable bonds is 6. The lowest BCUT2D eigenvalue weighted by atomic mass is 10.1. The molecule has 0 aliphatic carbocycles. The third-order valence-corrected chi connectivity index (χ3v) is 2.26. The predicted molar refractivity (Wildman–Crippen MR) is 64.7 cm³/mol. The first-order chi connectivity index (χ1) is 8.04. The predicted octanol–water partition coefficient (Wildman–Crippen LogP) is 2.50. The number of hydrogen-bond donors (Lipinski definition) is 1. The summed E-state index contributed by atoms with van der Waals surface area (Å²) in [5.41, 5.74) is 0.811. The fraction of sp³-hybridized carbons (Fsp3) is 0.462. The summed E-state index contributed by atoms with van der Waals surface area (Å²) < 4.78 is 10.9. The number of carbonyl (C=O) groups is 1. The molecule has 1 rings (SSSR count). The molecule has 0 aliphatic rings. The molecule has 4 heteroatoms. The average molecular weight is 238 g/mol. The fourth-order valence-corrected chi connectivity index (χ4v) is 1.58. The smallest absolute Gasteiger partial charge is 0.303 e. The van der Waals surface area contributed by atoms with Crippen LogP contribution in [-0.2, 0) is 11.2 Å². The van der Waals surface area contributed by atoms with E-state index in [1.54, 1.807) is 7.11 Å². The Bertz CT molecular complexity index is 385. The third kappa shape index (κ3) is 3.98. The van der Waals surface area contributed by atoms with Gasteiger partial charge in [-0.15, -0.1) is 0 Å². The molecule has 0 aliphatic heterocycles. The van der Waals surface area contributed by atoms with E-state index in [2.05, 4.69) is 0 Å². The van der Waals surface area contributed by atoms with Crippen LogP contribution in [0.25, 0.3) is 0 Å². The van der Waals surface area contributed by atoms with Crippen LogP contribution in [0.2, 0.25) is 0 Å². The van der Waals surface area contributed by atoms with Crippen molar-refractivity contribution < 1.29 is 19.4 Å². The Hall–Kier alpha value is -1.71. The van der Waals surface area contributed by atoms with Gasteiger partial charge in [0, 0.05) is 12.0 Å². The lowest BCUT2D eigenvalue weighted by Crippen LogP contribution is -2.09. The SMILES string of the molecule is COc1cccc(OC(C)C)c1CCC(=O)O. The van der Waals surface area contributed by atoms with Crippen LogP contribution in [0.15, 0.2) is 18.2 Å². The normalized spacial score (nSPS) is 10.4. The van der Waals surface area contributed by atoms with Gasteiger partial charge in [-0.25, -0.2) is 0 Å². The Morgan fingerprint density at radius 3 is 2.53 bits per heavy atom. The molecule has 0 saturated heterocycles. The highest BCUT2D eigenvalue weighted by atomic mass is 16.5.